The van der Waals surface area contributed by atoms with Crippen LogP contribution in [0.3, 0.4) is 0 Å². The van der Waals surface area contributed by atoms with Gasteiger partial charge in [0.15, 0.2) is 0 Å². The molecule has 0 radical (unpaired) electrons. The number of amides is 1. The topological polar surface area (TPSA) is 58.4 Å². The van der Waals surface area contributed by atoms with Crippen LogP contribution in [0.25, 0.3) is 0 Å². The molecule has 2 unspecified atom stereocenters. The summed E-state index contributed by atoms with van der Waals surface area (Å²) in [6.45, 7) is 8.67. The number of hydrogen-bond acceptors (Lipinski definition) is 3. The summed E-state index contributed by atoms with van der Waals surface area (Å²) in [7, 11) is 0. The Morgan fingerprint density at radius 1 is 1.43 bits per heavy atom. The van der Waals surface area contributed by atoms with Gasteiger partial charge in [0.2, 0.25) is 5.91 Å². The van der Waals surface area contributed by atoms with Gasteiger partial charge in [-0.3, -0.25) is 9.69 Å². The van der Waals surface area contributed by atoms with Crippen molar-refractivity contribution in [1.29, 1.82) is 0 Å². The maximum absolute atomic E-state index is 12.2. The number of piperidine rings is 1. The second-order valence-corrected chi connectivity index (χ2v) is 6.62. The lowest BCUT2D eigenvalue weighted by atomic mass is 9.97. The van der Waals surface area contributed by atoms with Gasteiger partial charge in [-0.25, -0.2) is 0 Å². The van der Waals surface area contributed by atoms with E-state index in [4.69, 9.17) is 5.73 Å². The molecule has 21 heavy (non-hydrogen) atoms. The average Bonchev–Trinajstić information content (AvgIpc) is 2.37. The third-order valence-corrected chi connectivity index (χ3v) is 3.97. The van der Waals surface area contributed by atoms with E-state index in [0.717, 1.165) is 25.2 Å². The summed E-state index contributed by atoms with van der Waals surface area (Å²) in [6, 6.07) is 8.25. The fraction of sp³-hybridized carbons (Fsp3) is 0.588. The molecule has 1 amide bonds. The molecule has 1 aromatic carbocycles. The van der Waals surface area contributed by atoms with Gasteiger partial charge in [-0.1, -0.05) is 32.9 Å². The van der Waals surface area contributed by atoms with E-state index >= 15 is 0 Å². The molecule has 0 spiro atoms. The van der Waals surface area contributed by atoms with Gasteiger partial charge in [0.1, 0.15) is 0 Å². The summed E-state index contributed by atoms with van der Waals surface area (Å²) in [4.78, 5) is 14.3. The molecule has 1 saturated heterocycles. The number of benzene rings is 1. The zero-order valence-electron chi connectivity index (χ0n) is 13.3. The number of carbonyl (C=O) groups is 1. The second-order valence-electron chi connectivity index (χ2n) is 6.62. The number of rotatable bonds is 4. The highest BCUT2D eigenvalue weighted by Crippen LogP contribution is 2.19. The van der Waals surface area contributed by atoms with E-state index in [9.17, 15) is 4.79 Å². The van der Waals surface area contributed by atoms with Crippen LogP contribution in [0.4, 0.5) is 5.69 Å². The lowest BCUT2D eigenvalue weighted by molar-refractivity contribution is -0.117. The van der Waals surface area contributed by atoms with Crippen molar-refractivity contribution < 1.29 is 4.79 Å². The van der Waals surface area contributed by atoms with Crippen LogP contribution in [0.2, 0.25) is 0 Å². The standard InChI is InChI=1S/C17H27N3O/c1-12(2)14-5-4-6-16(8-14)19-17(21)11-20-9-13(3)7-15(18)10-20/h4-6,8,12-13,15H,7,9-11,18H2,1-3H3,(H,19,21). The van der Waals surface area contributed by atoms with Gasteiger partial charge in [-0.15, -0.1) is 0 Å². The third-order valence-electron chi connectivity index (χ3n) is 3.97. The first kappa shape index (κ1) is 16.0. The van der Waals surface area contributed by atoms with Gasteiger partial charge in [0.05, 0.1) is 6.54 Å². The van der Waals surface area contributed by atoms with Crippen molar-refractivity contribution in [3.63, 3.8) is 0 Å². The van der Waals surface area contributed by atoms with Crippen LogP contribution in [0.5, 0.6) is 0 Å². The maximum atomic E-state index is 12.2. The molecule has 0 bridgehead atoms. The summed E-state index contributed by atoms with van der Waals surface area (Å²) < 4.78 is 0. The maximum Gasteiger partial charge on any atom is 0.238 e. The normalized spacial score (nSPS) is 23.3. The first-order chi connectivity index (χ1) is 9.94. The third kappa shape index (κ3) is 4.83. The Kier molecular flexibility index (Phi) is 5.37. The quantitative estimate of drug-likeness (QED) is 0.895. The molecule has 4 heteroatoms. The van der Waals surface area contributed by atoms with Gasteiger partial charge in [-0.05, 0) is 36.0 Å². The number of carbonyl (C=O) groups excluding carboxylic acids is 1. The minimum atomic E-state index is 0.0391. The number of nitrogens with one attached hydrogen (secondary N) is 1. The Morgan fingerprint density at radius 3 is 2.86 bits per heavy atom. The van der Waals surface area contributed by atoms with Crippen LogP contribution in [-0.2, 0) is 4.79 Å². The molecule has 116 valence electrons. The van der Waals surface area contributed by atoms with Crippen molar-refractivity contribution in [2.45, 2.75) is 39.2 Å². The zero-order chi connectivity index (χ0) is 15.4. The van der Waals surface area contributed by atoms with Gasteiger partial charge in [-0.2, -0.15) is 0 Å². The van der Waals surface area contributed by atoms with Crippen LogP contribution in [0.1, 0.15) is 38.7 Å². The highest BCUT2D eigenvalue weighted by molar-refractivity contribution is 5.92. The molecule has 2 rings (SSSR count). The van der Waals surface area contributed by atoms with Crippen molar-refractivity contribution in [3.8, 4) is 0 Å². The first-order valence-electron chi connectivity index (χ1n) is 7.81. The van der Waals surface area contributed by atoms with E-state index in [-0.39, 0.29) is 11.9 Å². The molecule has 1 aliphatic rings. The van der Waals surface area contributed by atoms with Crippen LogP contribution >= 0.6 is 0 Å². The highest BCUT2D eigenvalue weighted by Gasteiger charge is 2.23. The number of anilines is 1. The van der Waals surface area contributed by atoms with Gasteiger partial charge >= 0.3 is 0 Å². The molecule has 4 nitrogen and oxygen atoms in total. The minimum Gasteiger partial charge on any atom is -0.327 e. The zero-order valence-corrected chi connectivity index (χ0v) is 13.3. The molecule has 1 aromatic rings. The van der Waals surface area contributed by atoms with E-state index in [2.05, 4.69) is 37.1 Å². The molecule has 1 aliphatic heterocycles. The highest BCUT2D eigenvalue weighted by atomic mass is 16.2. The van der Waals surface area contributed by atoms with Crippen LogP contribution in [0.15, 0.2) is 24.3 Å². The predicted octanol–water partition coefficient (Wildman–Crippen LogP) is 2.42. The first-order valence-corrected chi connectivity index (χ1v) is 7.81. The fourth-order valence-corrected chi connectivity index (χ4v) is 3.02. The van der Waals surface area contributed by atoms with Crippen LogP contribution in [0, 0.1) is 5.92 Å². The number of nitrogens with zero attached hydrogens (tertiary/aromatic N) is 1. The van der Waals surface area contributed by atoms with Gasteiger partial charge in [0, 0.05) is 24.8 Å². The summed E-state index contributed by atoms with van der Waals surface area (Å²) in [6.07, 6.45) is 1.05. The Bertz CT molecular complexity index is 477. The molecule has 1 fully saturated rings. The smallest absolute Gasteiger partial charge is 0.238 e. The van der Waals surface area contributed by atoms with E-state index < -0.39 is 0 Å². The summed E-state index contributed by atoms with van der Waals surface area (Å²) in [5.41, 5.74) is 8.14. The van der Waals surface area contributed by atoms with Crippen molar-refractivity contribution in [1.82, 2.24) is 4.90 Å². The lowest BCUT2D eigenvalue weighted by Gasteiger charge is -2.34. The summed E-state index contributed by atoms with van der Waals surface area (Å²) in [5.74, 6) is 1.06. The Labute approximate surface area is 127 Å². The Morgan fingerprint density at radius 2 is 2.19 bits per heavy atom. The summed E-state index contributed by atoms with van der Waals surface area (Å²) in [5, 5.41) is 2.99. The molecular formula is C17H27N3O. The van der Waals surface area contributed by atoms with Crippen molar-refractivity contribution in [3.05, 3.63) is 29.8 Å². The average molecular weight is 289 g/mol. The van der Waals surface area contributed by atoms with Gasteiger partial charge < -0.3 is 11.1 Å². The van der Waals surface area contributed by atoms with Crippen molar-refractivity contribution in [2.75, 3.05) is 25.0 Å². The number of likely N-dealkylation sites (tertiary alicyclic amines) is 1. The van der Waals surface area contributed by atoms with E-state index in [1.54, 1.807) is 0 Å². The largest absolute Gasteiger partial charge is 0.327 e. The van der Waals surface area contributed by atoms with Crippen LogP contribution < -0.4 is 11.1 Å². The molecule has 2 atom stereocenters. The summed E-state index contributed by atoms with van der Waals surface area (Å²) >= 11 is 0. The second kappa shape index (κ2) is 7.05. The SMILES string of the molecule is CC1CC(N)CN(CC(=O)Nc2cccc(C(C)C)c2)C1. The number of hydrogen-bond donors (Lipinski definition) is 2. The molecule has 0 aromatic heterocycles. The van der Waals surface area contributed by atoms with E-state index in [1.807, 2.05) is 18.2 Å². The fourth-order valence-electron chi connectivity index (χ4n) is 3.02. The Balaban J connectivity index is 1.91. The molecule has 1 heterocycles. The van der Waals surface area contributed by atoms with Crippen molar-refractivity contribution in [2.24, 2.45) is 11.7 Å². The lowest BCUT2D eigenvalue weighted by Crippen LogP contribution is -2.48. The van der Waals surface area contributed by atoms with Crippen LogP contribution in [-0.4, -0.2) is 36.5 Å². The van der Waals surface area contributed by atoms with E-state index in [1.165, 1.54) is 5.56 Å². The number of nitrogens with two attached hydrogens (primary N) is 1. The molecule has 0 saturated carbocycles. The molecule has 3 N–H and O–H groups in total. The van der Waals surface area contributed by atoms with Crippen molar-refractivity contribution >= 4 is 11.6 Å². The molecular weight excluding hydrogens is 262 g/mol. The minimum absolute atomic E-state index is 0.0391. The molecule has 0 aliphatic carbocycles. The van der Waals surface area contributed by atoms with Gasteiger partial charge in [0.25, 0.3) is 0 Å². The Hall–Kier alpha value is -1.39. The predicted molar refractivity (Wildman–Crippen MR) is 87.4 cm³/mol. The monoisotopic (exact) mass is 289 g/mol. The van der Waals surface area contributed by atoms with E-state index in [0.29, 0.717) is 18.4 Å².